The number of rotatable bonds is 18. The highest BCUT2D eigenvalue weighted by atomic mass is 16.4. The quantitative estimate of drug-likeness (QED) is 0.0618. The Bertz CT molecular complexity index is 1030. The van der Waals surface area contributed by atoms with Crippen LogP contribution < -0.4 is 33.2 Å². The van der Waals surface area contributed by atoms with E-state index in [4.69, 9.17) is 22.3 Å². The van der Waals surface area contributed by atoms with Gasteiger partial charge in [0.05, 0.1) is 6.04 Å². The van der Waals surface area contributed by atoms with Crippen LogP contribution in [0.3, 0.4) is 0 Å². The minimum atomic E-state index is -1.48. The number of nitrogens with zero attached hydrogens (tertiary/aromatic N) is 1. The normalized spacial score (nSPS) is 14.5. The van der Waals surface area contributed by atoms with Gasteiger partial charge in [-0.05, 0) is 37.2 Å². The largest absolute Gasteiger partial charge is 0.481 e. The van der Waals surface area contributed by atoms with Gasteiger partial charge < -0.3 is 43.4 Å². The highest BCUT2D eigenvalue weighted by molar-refractivity contribution is 5.94. The molecule has 0 aromatic heterocycles. The van der Waals surface area contributed by atoms with E-state index in [0.29, 0.717) is 6.42 Å². The average Bonchev–Trinajstić information content (AvgIpc) is 2.90. The van der Waals surface area contributed by atoms with Crippen molar-refractivity contribution < 1.29 is 34.2 Å². The van der Waals surface area contributed by atoms with Crippen LogP contribution in [0.15, 0.2) is 35.3 Å². The van der Waals surface area contributed by atoms with Gasteiger partial charge in [0.25, 0.3) is 0 Å². The molecule has 222 valence electrons. The molecule has 0 spiro atoms. The Morgan fingerprint density at radius 2 is 1.52 bits per heavy atom. The minimum absolute atomic E-state index is 0.0360. The number of nitrogens with one attached hydrogen (secondary N) is 3. The lowest BCUT2D eigenvalue weighted by Gasteiger charge is -2.28. The monoisotopic (exact) mass is 563 g/mol. The van der Waals surface area contributed by atoms with Gasteiger partial charge in [0.1, 0.15) is 18.1 Å². The van der Waals surface area contributed by atoms with Gasteiger partial charge in [0, 0.05) is 13.0 Å². The molecule has 5 atom stereocenters. The summed E-state index contributed by atoms with van der Waals surface area (Å²) in [5, 5.41) is 25.9. The maximum atomic E-state index is 13.3. The van der Waals surface area contributed by atoms with Crippen LogP contribution in [0.25, 0.3) is 0 Å². The first-order valence-electron chi connectivity index (χ1n) is 13.1. The average molecular weight is 564 g/mol. The number of guanidine groups is 1. The third kappa shape index (κ3) is 12.6. The van der Waals surface area contributed by atoms with Gasteiger partial charge in [-0.25, -0.2) is 4.79 Å². The number of carboxylic acids is 2. The highest BCUT2D eigenvalue weighted by Crippen LogP contribution is 2.11. The van der Waals surface area contributed by atoms with Crippen molar-refractivity contribution in [1.29, 1.82) is 0 Å². The van der Waals surface area contributed by atoms with Crippen LogP contribution in [-0.4, -0.2) is 76.5 Å². The zero-order chi connectivity index (χ0) is 30.2. The van der Waals surface area contributed by atoms with E-state index in [0.717, 1.165) is 5.56 Å². The van der Waals surface area contributed by atoms with Crippen LogP contribution in [0.1, 0.15) is 51.5 Å². The van der Waals surface area contributed by atoms with Crippen LogP contribution in [0.2, 0.25) is 0 Å². The number of aliphatic imine (C=N–C) groups is 1. The van der Waals surface area contributed by atoms with Gasteiger partial charge >= 0.3 is 11.9 Å². The summed E-state index contributed by atoms with van der Waals surface area (Å²) in [6, 6.07) is 4.50. The fraction of sp³-hybridized carbons (Fsp3) is 0.538. The molecule has 0 saturated heterocycles. The molecule has 0 fully saturated rings. The number of carboxylic acid groups (broad SMARTS) is 2. The smallest absolute Gasteiger partial charge is 0.326 e. The van der Waals surface area contributed by atoms with Crippen molar-refractivity contribution in [3.8, 4) is 0 Å². The molecule has 40 heavy (non-hydrogen) atoms. The van der Waals surface area contributed by atoms with Gasteiger partial charge in [-0.1, -0.05) is 50.6 Å². The lowest BCUT2D eigenvalue weighted by molar-refractivity contribution is -0.143. The SMILES string of the molecule is CCC(C)C(NC(=O)C(N)Cc1ccccc1)C(=O)NC(CCCN=C(N)N)C(=O)NC(CCC(=O)O)C(=O)O. The number of aliphatic carboxylic acids is 2. The Labute approximate surface area is 233 Å². The fourth-order valence-corrected chi connectivity index (χ4v) is 3.75. The van der Waals surface area contributed by atoms with Crippen LogP contribution >= 0.6 is 0 Å². The van der Waals surface area contributed by atoms with Crippen LogP contribution in [-0.2, 0) is 30.4 Å². The molecular formula is C26H41N7O7. The zero-order valence-corrected chi connectivity index (χ0v) is 22.8. The maximum Gasteiger partial charge on any atom is 0.326 e. The Morgan fingerprint density at radius 1 is 0.900 bits per heavy atom. The Morgan fingerprint density at radius 3 is 2.08 bits per heavy atom. The Kier molecular flexibility index (Phi) is 14.7. The standard InChI is InChI=1S/C26H41N7O7/c1-3-15(2)21(33-22(36)17(27)14-16-8-5-4-6-9-16)24(38)31-18(10-7-13-30-26(28)29)23(37)32-19(25(39)40)11-12-20(34)35/h4-6,8-9,15,17-19,21H,3,7,10-14,27H2,1-2H3,(H,31,38)(H,32,37)(H,33,36)(H,34,35)(H,39,40)(H4,28,29,30). The third-order valence-electron chi connectivity index (χ3n) is 6.27. The summed E-state index contributed by atoms with van der Waals surface area (Å²) in [4.78, 5) is 65.6. The van der Waals surface area contributed by atoms with Gasteiger partial charge in [0.15, 0.2) is 5.96 Å². The second kappa shape index (κ2) is 17.4. The molecule has 0 saturated carbocycles. The van der Waals surface area contributed by atoms with E-state index in [1.807, 2.05) is 37.3 Å². The van der Waals surface area contributed by atoms with Crippen LogP contribution in [0.5, 0.6) is 0 Å². The van der Waals surface area contributed by atoms with Crippen molar-refractivity contribution in [2.45, 2.75) is 76.5 Å². The van der Waals surface area contributed by atoms with Crippen molar-refractivity contribution in [3.05, 3.63) is 35.9 Å². The van der Waals surface area contributed by atoms with Gasteiger partial charge in [-0.2, -0.15) is 0 Å². The molecule has 0 bridgehead atoms. The van der Waals surface area contributed by atoms with Crippen molar-refractivity contribution in [2.24, 2.45) is 28.1 Å². The summed E-state index contributed by atoms with van der Waals surface area (Å²) in [7, 11) is 0. The third-order valence-corrected chi connectivity index (χ3v) is 6.27. The Balaban J connectivity index is 3.05. The summed E-state index contributed by atoms with van der Waals surface area (Å²) in [6.07, 6.45) is 0.230. The molecule has 5 unspecified atom stereocenters. The van der Waals surface area contributed by atoms with Crippen LogP contribution in [0, 0.1) is 5.92 Å². The first kappa shape index (κ1) is 33.8. The second-order valence-electron chi connectivity index (χ2n) is 9.51. The first-order valence-corrected chi connectivity index (χ1v) is 13.1. The van der Waals surface area contributed by atoms with E-state index in [1.54, 1.807) is 6.92 Å². The molecule has 0 heterocycles. The number of hydrogen-bond acceptors (Lipinski definition) is 7. The molecule has 14 heteroatoms. The maximum absolute atomic E-state index is 13.3. The number of benzene rings is 1. The predicted molar refractivity (Wildman–Crippen MR) is 148 cm³/mol. The molecule has 0 aliphatic rings. The van der Waals surface area contributed by atoms with E-state index in [-0.39, 0.29) is 44.1 Å². The highest BCUT2D eigenvalue weighted by Gasteiger charge is 2.32. The zero-order valence-electron chi connectivity index (χ0n) is 22.8. The second-order valence-corrected chi connectivity index (χ2v) is 9.51. The van der Waals surface area contributed by atoms with E-state index in [1.165, 1.54) is 0 Å². The molecule has 3 amide bonds. The lowest BCUT2D eigenvalue weighted by Crippen LogP contribution is -2.58. The molecule has 14 nitrogen and oxygen atoms in total. The predicted octanol–water partition coefficient (Wildman–Crippen LogP) is -0.940. The van der Waals surface area contributed by atoms with Crippen molar-refractivity contribution in [2.75, 3.05) is 6.54 Å². The van der Waals surface area contributed by atoms with Crippen molar-refractivity contribution in [3.63, 3.8) is 0 Å². The van der Waals surface area contributed by atoms with Crippen LogP contribution in [0.4, 0.5) is 0 Å². The van der Waals surface area contributed by atoms with Crippen molar-refractivity contribution in [1.82, 2.24) is 16.0 Å². The van der Waals surface area contributed by atoms with Gasteiger partial charge in [-0.3, -0.25) is 24.2 Å². The van der Waals surface area contributed by atoms with E-state index >= 15 is 0 Å². The fourth-order valence-electron chi connectivity index (χ4n) is 3.75. The van der Waals surface area contributed by atoms with Gasteiger partial charge in [0.2, 0.25) is 17.7 Å². The minimum Gasteiger partial charge on any atom is -0.481 e. The lowest BCUT2D eigenvalue weighted by atomic mass is 9.96. The summed E-state index contributed by atoms with van der Waals surface area (Å²) in [6.45, 7) is 3.73. The van der Waals surface area contributed by atoms with E-state index in [2.05, 4.69) is 20.9 Å². The van der Waals surface area contributed by atoms with Gasteiger partial charge in [-0.15, -0.1) is 0 Å². The number of carbonyl (C=O) groups excluding carboxylic acids is 3. The Hall–Kier alpha value is -4.20. The molecule has 1 rings (SSSR count). The molecule has 1 aromatic carbocycles. The molecule has 0 aliphatic carbocycles. The molecule has 0 aliphatic heterocycles. The van der Waals surface area contributed by atoms with Crippen molar-refractivity contribution >= 4 is 35.6 Å². The molecule has 11 N–H and O–H groups in total. The molecule has 1 aromatic rings. The van der Waals surface area contributed by atoms with E-state index in [9.17, 15) is 29.1 Å². The number of nitrogens with two attached hydrogens (primary N) is 3. The molecule has 0 radical (unpaired) electrons. The summed E-state index contributed by atoms with van der Waals surface area (Å²) in [5.41, 5.74) is 17.6. The topological polar surface area (TPSA) is 252 Å². The number of amides is 3. The number of carbonyl (C=O) groups is 5. The van der Waals surface area contributed by atoms with E-state index < -0.39 is 60.2 Å². The summed E-state index contributed by atoms with van der Waals surface area (Å²) >= 11 is 0. The first-order chi connectivity index (χ1) is 18.8. The summed E-state index contributed by atoms with van der Waals surface area (Å²) in [5.74, 6) is -5.16. The molecular weight excluding hydrogens is 522 g/mol. The summed E-state index contributed by atoms with van der Waals surface area (Å²) < 4.78 is 0. The number of hydrogen-bond donors (Lipinski definition) is 8.